The Kier molecular flexibility index (Phi) is 2.78. The summed E-state index contributed by atoms with van der Waals surface area (Å²) in [6, 6.07) is 5.85. The van der Waals surface area contributed by atoms with Crippen molar-refractivity contribution in [2.24, 2.45) is 0 Å². The maximum absolute atomic E-state index is 11.2. The number of benzene rings is 1. The van der Waals surface area contributed by atoms with Crippen LogP contribution in [0.5, 0.6) is 0 Å². The van der Waals surface area contributed by atoms with Crippen molar-refractivity contribution in [2.75, 3.05) is 7.05 Å². The average Bonchev–Trinajstić information content (AvgIpc) is 2.61. The molecule has 1 aliphatic rings. The molecule has 0 atom stereocenters. The summed E-state index contributed by atoms with van der Waals surface area (Å²) >= 11 is 5.93. The lowest BCUT2D eigenvalue weighted by molar-refractivity contribution is -0.116. The van der Waals surface area contributed by atoms with Crippen LogP contribution in [0.3, 0.4) is 0 Å². The number of carbonyl (C=O) groups excluding carboxylic acids is 1. The predicted octanol–water partition coefficient (Wildman–Crippen LogP) is 2.42. The van der Waals surface area contributed by atoms with Gasteiger partial charge in [-0.15, -0.1) is 0 Å². The molecule has 0 bridgehead atoms. The number of nitrogens with one attached hydrogen (secondary N) is 1. The van der Waals surface area contributed by atoms with Crippen molar-refractivity contribution in [3.63, 3.8) is 0 Å². The summed E-state index contributed by atoms with van der Waals surface area (Å²) in [5, 5.41) is 3.31. The summed E-state index contributed by atoms with van der Waals surface area (Å²) < 4.78 is 0. The molecule has 2 rings (SSSR count). The van der Waals surface area contributed by atoms with Crippen molar-refractivity contribution < 1.29 is 4.79 Å². The zero-order valence-corrected chi connectivity index (χ0v) is 9.27. The first-order valence-electron chi connectivity index (χ1n) is 4.92. The predicted molar refractivity (Wildman–Crippen MR) is 61.8 cm³/mol. The topological polar surface area (TPSA) is 29.1 Å². The summed E-state index contributed by atoms with van der Waals surface area (Å²) in [5.74, 6) is -0.0576. The molecule has 0 heterocycles. The third-order valence-electron chi connectivity index (χ3n) is 2.63. The van der Waals surface area contributed by atoms with Gasteiger partial charge in [0, 0.05) is 18.1 Å². The van der Waals surface area contributed by atoms with E-state index in [9.17, 15) is 4.79 Å². The first-order chi connectivity index (χ1) is 7.20. The molecule has 1 aromatic rings. The molecule has 1 N–H and O–H groups in total. The van der Waals surface area contributed by atoms with E-state index < -0.39 is 0 Å². The highest BCUT2D eigenvalue weighted by Gasteiger charge is 2.16. The van der Waals surface area contributed by atoms with Crippen molar-refractivity contribution in [3.05, 3.63) is 40.4 Å². The van der Waals surface area contributed by atoms with Crippen LogP contribution in [0.2, 0.25) is 5.02 Å². The van der Waals surface area contributed by atoms with Crippen LogP contribution in [0, 0.1) is 0 Å². The zero-order valence-electron chi connectivity index (χ0n) is 8.51. The molecular formula is C12H12ClNO. The molecular weight excluding hydrogens is 210 g/mol. The monoisotopic (exact) mass is 221 g/mol. The van der Waals surface area contributed by atoms with Gasteiger partial charge in [-0.25, -0.2) is 0 Å². The van der Waals surface area contributed by atoms with Gasteiger partial charge >= 0.3 is 0 Å². The second-order valence-electron chi connectivity index (χ2n) is 3.59. The van der Waals surface area contributed by atoms with E-state index in [1.807, 2.05) is 18.2 Å². The average molecular weight is 222 g/mol. The van der Waals surface area contributed by atoms with Crippen LogP contribution >= 0.6 is 11.6 Å². The minimum Gasteiger partial charge on any atom is -0.356 e. The number of hydrogen-bond acceptors (Lipinski definition) is 1. The van der Waals surface area contributed by atoms with Crippen LogP contribution < -0.4 is 5.32 Å². The molecule has 0 aliphatic heterocycles. The molecule has 1 aliphatic carbocycles. The zero-order chi connectivity index (χ0) is 10.8. The lowest BCUT2D eigenvalue weighted by Gasteiger charge is -2.01. The van der Waals surface area contributed by atoms with Gasteiger partial charge in [-0.3, -0.25) is 4.79 Å². The van der Waals surface area contributed by atoms with Crippen LogP contribution in [0.4, 0.5) is 0 Å². The molecule has 0 unspecified atom stereocenters. The first-order valence-corrected chi connectivity index (χ1v) is 5.29. The number of amides is 1. The Morgan fingerprint density at radius 2 is 2.27 bits per heavy atom. The third kappa shape index (κ3) is 2.05. The molecule has 1 aromatic carbocycles. The highest BCUT2D eigenvalue weighted by atomic mass is 35.5. The maximum atomic E-state index is 11.2. The van der Waals surface area contributed by atoms with E-state index in [1.54, 1.807) is 13.1 Å². The number of carbonyl (C=O) groups is 1. The smallest absolute Gasteiger partial charge is 0.244 e. The van der Waals surface area contributed by atoms with Gasteiger partial charge in [0.25, 0.3) is 0 Å². The highest BCUT2D eigenvalue weighted by molar-refractivity contribution is 6.30. The Morgan fingerprint density at radius 3 is 3.00 bits per heavy atom. The molecule has 0 fully saturated rings. The molecule has 2 nitrogen and oxygen atoms in total. The Bertz CT molecular complexity index is 437. The SMILES string of the molecule is CNC(=O)/C=C1/CCc2ccc(Cl)cc21. The van der Waals surface area contributed by atoms with Crippen LogP contribution in [0.15, 0.2) is 24.3 Å². The van der Waals surface area contributed by atoms with Gasteiger partial charge in [0.05, 0.1) is 0 Å². The quantitative estimate of drug-likeness (QED) is 0.725. The Balaban J connectivity index is 2.39. The number of rotatable bonds is 1. The second-order valence-corrected chi connectivity index (χ2v) is 4.02. The van der Waals surface area contributed by atoms with E-state index in [1.165, 1.54) is 5.56 Å². The number of allylic oxidation sites excluding steroid dienone is 1. The minimum absolute atomic E-state index is 0.0576. The second kappa shape index (κ2) is 4.07. The van der Waals surface area contributed by atoms with Gasteiger partial charge < -0.3 is 5.32 Å². The van der Waals surface area contributed by atoms with E-state index in [4.69, 9.17) is 11.6 Å². The van der Waals surface area contributed by atoms with Gasteiger partial charge in [0.1, 0.15) is 0 Å². The number of hydrogen-bond donors (Lipinski definition) is 1. The Hall–Kier alpha value is -1.28. The highest BCUT2D eigenvalue weighted by Crippen LogP contribution is 2.33. The van der Waals surface area contributed by atoms with Crippen LogP contribution in [-0.4, -0.2) is 13.0 Å². The molecule has 0 radical (unpaired) electrons. The largest absolute Gasteiger partial charge is 0.356 e. The van der Waals surface area contributed by atoms with Crippen molar-refractivity contribution >= 4 is 23.1 Å². The Labute approximate surface area is 93.9 Å². The molecule has 78 valence electrons. The van der Waals surface area contributed by atoms with Crippen LogP contribution in [0.25, 0.3) is 5.57 Å². The number of fused-ring (bicyclic) bond motifs is 1. The Morgan fingerprint density at radius 1 is 1.47 bits per heavy atom. The fraction of sp³-hybridized carbons (Fsp3) is 0.250. The van der Waals surface area contributed by atoms with Gasteiger partial charge in [-0.1, -0.05) is 17.7 Å². The van der Waals surface area contributed by atoms with E-state index in [0.29, 0.717) is 0 Å². The molecule has 0 spiro atoms. The fourth-order valence-corrected chi connectivity index (χ4v) is 2.02. The van der Waals surface area contributed by atoms with E-state index in [-0.39, 0.29) is 5.91 Å². The summed E-state index contributed by atoms with van der Waals surface area (Å²) in [6.07, 6.45) is 3.57. The van der Waals surface area contributed by atoms with Crippen molar-refractivity contribution in [2.45, 2.75) is 12.8 Å². The number of aryl methyl sites for hydroxylation is 1. The summed E-state index contributed by atoms with van der Waals surface area (Å²) in [7, 11) is 1.63. The molecule has 0 saturated carbocycles. The van der Waals surface area contributed by atoms with E-state index in [0.717, 1.165) is 29.0 Å². The van der Waals surface area contributed by atoms with Crippen LogP contribution in [0.1, 0.15) is 17.5 Å². The number of likely N-dealkylation sites (N-methyl/N-ethyl adjacent to an activating group) is 1. The standard InChI is InChI=1S/C12H12ClNO/c1-14-12(15)6-9-3-2-8-4-5-10(13)7-11(8)9/h4-7H,2-3H2,1H3,(H,14,15)/b9-6-. The first kappa shape index (κ1) is 10.2. The van der Waals surface area contributed by atoms with Crippen molar-refractivity contribution in [1.29, 1.82) is 0 Å². The lowest BCUT2D eigenvalue weighted by Crippen LogP contribution is -2.14. The van der Waals surface area contributed by atoms with Crippen LogP contribution in [-0.2, 0) is 11.2 Å². The van der Waals surface area contributed by atoms with Crippen molar-refractivity contribution in [3.8, 4) is 0 Å². The molecule has 0 saturated heterocycles. The number of halogens is 1. The van der Waals surface area contributed by atoms with Crippen molar-refractivity contribution in [1.82, 2.24) is 5.32 Å². The minimum atomic E-state index is -0.0576. The summed E-state index contributed by atoms with van der Waals surface area (Å²) in [6.45, 7) is 0. The normalized spacial score (nSPS) is 16.5. The third-order valence-corrected chi connectivity index (χ3v) is 2.87. The van der Waals surface area contributed by atoms with Gasteiger partial charge in [0.15, 0.2) is 0 Å². The molecule has 0 aromatic heterocycles. The van der Waals surface area contributed by atoms with Gasteiger partial charge in [0.2, 0.25) is 5.91 Å². The molecule has 3 heteroatoms. The fourth-order valence-electron chi connectivity index (χ4n) is 1.85. The van der Waals surface area contributed by atoms with Gasteiger partial charge in [-0.2, -0.15) is 0 Å². The molecule has 15 heavy (non-hydrogen) atoms. The van der Waals surface area contributed by atoms with Gasteiger partial charge in [-0.05, 0) is 41.7 Å². The molecule has 1 amide bonds. The summed E-state index contributed by atoms with van der Waals surface area (Å²) in [4.78, 5) is 11.2. The van der Waals surface area contributed by atoms with E-state index in [2.05, 4.69) is 5.32 Å². The lowest BCUT2D eigenvalue weighted by atomic mass is 10.1. The van der Waals surface area contributed by atoms with E-state index >= 15 is 0 Å². The maximum Gasteiger partial charge on any atom is 0.244 e. The summed E-state index contributed by atoms with van der Waals surface area (Å²) in [5.41, 5.74) is 3.47.